The molecule has 5 nitrogen and oxygen atoms in total. The minimum Gasteiger partial charge on any atom is -0.480 e. The summed E-state index contributed by atoms with van der Waals surface area (Å²) in [7, 11) is 1.60. The van der Waals surface area contributed by atoms with Gasteiger partial charge in [0, 0.05) is 23.7 Å². The fourth-order valence-corrected chi connectivity index (χ4v) is 3.02. The highest BCUT2D eigenvalue weighted by Crippen LogP contribution is 2.42. The minimum absolute atomic E-state index is 0.0848. The summed E-state index contributed by atoms with van der Waals surface area (Å²) in [5, 5.41) is 0. The van der Waals surface area contributed by atoms with Crippen molar-refractivity contribution in [3.63, 3.8) is 0 Å². The maximum atomic E-state index is 6.02. The summed E-state index contributed by atoms with van der Waals surface area (Å²) in [6.45, 7) is 0.674. The number of fused-ring (bicyclic) bond motifs is 1. The number of hydrogen-bond donors (Lipinski definition) is 2. The number of aromatic amines is 1. The van der Waals surface area contributed by atoms with Gasteiger partial charge in [-0.3, -0.25) is 0 Å². The number of ether oxygens (including phenoxy) is 1. The second-order valence-electron chi connectivity index (χ2n) is 5.00. The maximum absolute atomic E-state index is 6.02. The van der Waals surface area contributed by atoms with Crippen molar-refractivity contribution in [2.45, 2.75) is 31.1 Å². The molecule has 2 aromatic heterocycles. The van der Waals surface area contributed by atoms with Crippen LogP contribution in [0.2, 0.25) is 0 Å². The summed E-state index contributed by atoms with van der Waals surface area (Å²) in [5.41, 5.74) is 9.04. The van der Waals surface area contributed by atoms with Crippen molar-refractivity contribution in [3.05, 3.63) is 18.0 Å². The Bertz CT molecular complexity index is 557. The maximum Gasteiger partial charge on any atom is 0.234 e. The predicted molar refractivity (Wildman–Crippen MR) is 69.6 cm³/mol. The van der Waals surface area contributed by atoms with Gasteiger partial charge in [-0.05, 0) is 12.8 Å². The lowest BCUT2D eigenvalue weighted by Crippen LogP contribution is -2.31. The predicted octanol–water partition coefficient (Wildman–Crippen LogP) is 1.74. The van der Waals surface area contributed by atoms with Crippen molar-refractivity contribution in [1.29, 1.82) is 0 Å². The van der Waals surface area contributed by atoms with E-state index in [0.29, 0.717) is 12.4 Å². The molecule has 2 heterocycles. The molecule has 18 heavy (non-hydrogen) atoms. The van der Waals surface area contributed by atoms with E-state index in [0.717, 1.165) is 24.0 Å². The van der Waals surface area contributed by atoms with Crippen molar-refractivity contribution in [2.24, 2.45) is 5.73 Å². The third kappa shape index (κ3) is 1.58. The Kier molecular flexibility index (Phi) is 2.70. The van der Waals surface area contributed by atoms with Crippen LogP contribution in [0.25, 0.3) is 11.2 Å². The summed E-state index contributed by atoms with van der Waals surface area (Å²) in [5.74, 6) is 0.532. The van der Waals surface area contributed by atoms with Crippen LogP contribution in [0.1, 0.15) is 31.2 Å². The molecule has 3 rings (SSSR count). The number of nitrogens with one attached hydrogen (secondary N) is 1. The van der Waals surface area contributed by atoms with Crippen LogP contribution in [-0.2, 0) is 5.41 Å². The first-order valence-electron chi connectivity index (χ1n) is 6.38. The number of aromatic nitrogens is 3. The van der Waals surface area contributed by atoms with Gasteiger partial charge in [0.05, 0.1) is 13.3 Å². The quantitative estimate of drug-likeness (QED) is 0.864. The molecular weight excluding hydrogens is 228 g/mol. The fourth-order valence-electron chi connectivity index (χ4n) is 3.02. The summed E-state index contributed by atoms with van der Waals surface area (Å²) in [6, 6.07) is 0. The lowest BCUT2D eigenvalue weighted by Gasteiger charge is -2.26. The van der Waals surface area contributed by atoms with Crippen LogP contribution < -0.4 is 10.5 Å². The van der Waals surface area contributed by atoms with Gasteiger partial charge in [0.25, 0.3) is 0 Å². The van der Waals surface area contributed by atoms with Crippen molar-refractivity contribution >= 4 is 11.2 Å². The lowest BCUT2D eigenvalue weighted by molar-refractivity contribution is 0.397. The van der Waals surface area contributed by atoms with E-state index in [2.05, 4.69) is 15.0 Å². The van der Waals surface area contributed by atoms with E-state index in [1.165, 1.54) is 18.4 Å². The highest BCUT2D eigenvalue weighted by molar-refractivity contribution is 5.77. The molecule has 96 valence electrons. The zero-order valence-electron chi connectivity index (χ0n) is 10.6. The zero-order valence-corrected chi connectivity index (χ0v) is 10.6. The SMILES string of the molecule is COc1cnc2c(C3(CN)CCCC3)c[nH]c2n1. The second-order valence-corrected chi connectivity index (χ2v) is 5.00. The van der Waals surface area contributed by atoms with E-state index >= 15 is 0 Å². The monoisotopic (exact) mass is 246 g/mol. The normalized spacial score (nSPS) is 18.3. The molecule has 0 spiro atoms. The van der Waals surface area contributed by atoms with Gasteiger partial charge in [0.15, 0.2) is 5.65 Å². The summed E-state index contributed by atoms with van der Waals surface area (Å²) >= 11 is 0. The Balaban J connectivity index is 2.12. The standard InChI is InChI=1S/C13H18N4O/c1-18-10-7-15-11-9(6-16-12(11)17-10)13(8-14)4-2-3-5-13/h6-7H,2-5,8,14H2,1H3,(H,16,17). The van der Waals surface area contributed by atoms with E-state index in [-0.39, 0.29) is 5.41 Å². The van der Waals surface area contributed by atoms with Crippen LogP contribution in [0, 0.1) is 0 Å². The average Bonchev–Trinajstić information content (AvgIpc) is 3.04. The van der Waals surface area contributed by atoms with Gasteiger partial charge in [-0.25, -0.2) is 4.98 Å². The van der Waals surface area contributed by atoms with Crippen LogP contribution in [0.5, 0.6) is 5.88 Å². The number of hydrogen-bond acceptors (Lipinski definition) is 4. The summed E-state index contributed by atoms with van der Waals surface area (Å²) in [4.78, 5) is 12.0. The van der Waals surface area contributed by atoms with Gasteiger partial charge in [-0.15, -0.1) is 0 Å². The third-order valence-electron chi connectivity index (χ3n) is 4.09. The first-order valence-corrected chi connectivity index (χ1v) is 6.38. The molecule has 1 fully saturated rings. The van der Waals surface area contributed by atoms with E-state index in [1.54, 1.807) is 13.3 Å². The summed E-state index contributed by atoms with van der Waals surface area (Å²) in [6.07, 6.45) is 8.45. The zero-order chi connectivity index (χ0) is 12.6. The third-order valence-corrected chi connectivity index (χ3v) is 4.09. The first-order chi connectivity index (χ1) is 8.79. The van der Waals surface area contributed by atoms with E-state index in [9.17, 15) is 0 Å². The molecule has 0 aliphatic heterocycles. The second kappa shape index (κ2) is 4.24. The molecular formula is C13H18N4O. The number of rotatable bonds is 3. The van der Waals surface area contributed by atoms with Crippen LogP contribution in [0.3, 0.4) is 0 Å². The Hall–Kier alpha value is -1.62. The largest absolute Gasteiger partial charge is 0.480 e. The van der Waals surface area contributed by atoms with Gasteiger partial charge < -0.3 is 15.5 Å². The van der Waals surface area contributed by atoms with Gasteiger partial charge >= 0.3 is 0 Å². The lowest BCUT2D eigenvalue weighted by atomic mass is 9.80. The average molecular weight is 246 g/mol. The Morgan fingerprint density at radius 2 is 2.22 bits per heavy atom. The Morgan fingerprint density at radius 3 is 2.89 bits per heavy atom. The summed E-state index contributed by atoms with van der Waals surface area (Å²) < 4.78 is 5.09. The topological polar surface area (TPSA) is 76.8 Å². The highest BCUT2D eigenvalue weighted by atomic mass is 16.5. The Labute approximate surface area is 106 Å². The number of nitrogens with two attached hydrogens (primary N) is 1. The Morgan fingerprint density at radius 1 is 1.44 bits per heavy atom. The first kappa shape index (κ1) is 11.5. The molecule has 0 aromatic carbocycles. The smallest absolute Gasteiger partial charge is 0.234 e. The molecule has 1 aliphatic carbocycles. The van der Waals surface area contributed by atoms with Crippen molar-refractivity contribution in [3.8, 4) is 5.88 Å². The molecule has 1 saturated carbocycles. The van der Waals surface area contributed by atoms with Gasteiger partial charge in [-0.2, -0.15) is 4.98 Å². The molecule has 0 radical (unpaired) electrons. The van der Waals surface area contributed by atoms with Crippen molar-refractivity contribution < 1.29 is 4.74 Å². The molecule has 0 amide bonds. The van der Waals surface area contributed by atoms with Crippen LogP contribution in [0.4, 0.5) is 0 Å². The molecule has 2 aromatic rings. The number of nitrogens with zero attached hydrogens (tertiary/aromatic N) is 2. The van der Waals surface area contributed by atoms with Crippen LogP contribution >= 0.6 is 0 Å². The molecule has 1 aliphatic rings. The molecule has 0 atom stereocenters. The minimum atomic E-state index is 0.0848. The van der Waals surface area contributed by atoms with Crippen LogP contribution in [0.15, 0.2) is 12.4 Å². The molecule has 5 heteroatoms. The molecule has 3 N–H and O–H groups in total. The van der Waals surface area contributed by atoms with Gasteiger partial charge in [-0.1, -0.05) is 12.8 Å². The van der Waals surface area contributed by atoms with E-state index < -0.39 is 0 Å². The van der Waals surface area contributed by atoms with E-state index in [1.807, 2.05) is 6.20 Å². The van der Waals surface area contributed by atoms with Crippen molar-refractivity contribution in [1.82, 2.24) is 15.0 Å². The van der Waals surface area contributed by atoms with E-state index in [4.69, 9.17) is 10.5 Å². The molecule has 0 bridgehead atoms. The number of methoxy groups -OCH3 is 1. The fraction of sp³-hybridized carbons (Fsp3) is 0.538. The van der Waals surface area contributed by atoms with Gasteiger partial charge in [0.2, 0.25) is 5.88 Å². The van der Waals surface area contributed by atoms with Gasteiger partial charge in [0.1, 0.15) is 5.52 Å². The van der Waals surface area contributed by atoms with Crippen LogP contribution in [-0.4, -0.2) is 28.6 Å². The highest BCUT2D eigenvalue weighted by Gasteiger charge is 2.36. The molecule has 0 saturated heterocycles. The van der Waals surface area contributed by atoms with Crippen molar-refractivity contribution in [2.75, 3.05) is 13.7 Å². The molecule has 0 unspecified atom stereocenters. The number of H-pyrrole nitrogens is 1.